The molecule has 14 heteroatoms. The van der Waals surface area contributed by atoms with Crippen molar-refractivity contribution in [2.75, 3.05) is 6.61 Å². The molecule has 4 N–H and O–H groups in total. The van der Waals surface area contributed by atoms with E-state index in [2.05, 4.69) is 17.0 Å². The summed E-state index contributed by atoms with van der Waals surface area (Å²) in [5, 5.41) is 28.0. The first-order chi connectivity index (χ1) is 19.1. The van der Waals surface area contributed by atoms with E-state index >= 15 is 4.39 Å². The van der Waals surface area contributed by atoms with E-state index < -0.39 is 62.2 Å². The van der Waals surface area contributed by atoms with E-state index in [0.29, 0.717) is 5.39 Å². The Labute approximate surface area is 236 Å². The van der Waals surface area contributed by atoms with Crippen LogP contribution in [0.25, 0.3) is 10.8 Å². The predicted octanol–water partition coefficient (Wildman–Crippen LogP) is 2.82. The topological polar surface area (TPSA) is 156 Å². The Morgan fingerprint density at radius 2 is 1.95 bits per heavy atom. The minimum Gasteiger partial charge on any atom is -0.462 e. The number of nitrogens with zero attached hydrogens (tertiary/aromatic N) is 1. The summed E-state index contributed by atoms with van der Waals surface area (Å²) in [6.07, 6.45) is -1.94. The van der Waals surface area contributed by atoms with E-state index in [1.807, 2.05) is 0 Å². The first-order valence-corrected chi connectivity index (χ1v) is 14.3. The summed E-state index contributed by atoms with van der Waals surface area (Å²) in [5.74, 6) is -4.31. The lowest BCUT2D eigenvalue weighted by atomic mass is 9.95. The standard InChI is InChI=1S/C27H33FN3O9P/c1-16(2)38-23(33)17(3)30-41(36,40-21-12-8-10-19-9-6-7-11-20(19)21)37-15-27(28)24(34)26(5,35)25(39-27)31-14-13-22(32)29-18(31)4/h6-14,16-17,24-25,34-35H,4,15H2,1-3,5H3,(H,29,32)(H,30,36)/t17?,24-,25+,26+,27+,41?/m0/s1. The second-order valence-electron chi connectivity index (χ2n) is 10.2. The van der Waals surface area contributed by atoms with Gasteiger partial charge in [0, 0.05) is 17.7 Å². The van der Waals surface area contributed by atoms with E-state index in [1.165, 1.54) is 19.2 Å². The molecule has 1 saturated heterocycles. The van der Waals surface area contributed by atoms with Gasteiger partial charge in [0.05, 0.1) is 6.10 Å². The molecule has 1 fully saturated rings. The number of fused-ring (bicyclic) bond motifs is 1. The molecule has 4 rings (SSSR count). The van der Waals surface area contributed by atoms with E-state index in [-0.39, 0.29) is 11.6 Å². The maximum Gasteiger partial charge on any atom is 0.459 e. The van der Waals surface area contributed by atoms with Crippen molar-refractivity contribution in [2.45, 2.75) is 63.6 Å². The second kappa shape index (κ2) is 11.5. The van der Waals surface area contributed by atoms with Crippen LogP contribution in [0.2, 0.25) is 0 Å². The fourth-order valence-electron chi connectivity index (χ4n) is 4.39. The number of hydrogen-bond acceptors (Lipinski definition) is 10. The molecule has 1 amide bonds. The molecular weight excluding hydrogens is 560 g/mol. The molecular formula is C27H33FN3O9P. The Balaban J connectivity index is 1.61. The lowest BCUT2D eigenvalue weighted by Gasteiger charge is -2.36. The van der Waals surface area contributed by atoms with Crippen LogP contribution in [0.3, 0.4) is 0 Å². The van der Waals surface area contributed by atoms with Gasteiger partial charge in [-0.05, 0) is 39.1 Å². The van der Waals surface area contributed by atoms with Crippen LogP contribution < -0.4 is 14.9 Å². The van der Waals surface area contributed by atoms with Crippen LogP contribution in [0.1, 0.15) is 27.7 Å². The van der Waals surface area contributed by atoms with Gasteiger partial charge in [-0.1, -0.05) is 43.0 Å². The molecule has 0 radical (unpaired) electrons. The number of hydrogen-bond donors (Lipinski definition) is 4. The number of aliphatic hydroxyl groups is 2. The zero-order valence-electron chi connectivity index (χ0n) is 22.9. The molecule has 2 aromatic rings. The minimum absolute atomic E-state index is 0.0377. The van der Waals surface area contributed by atoms with E-state index in [0.717, 1.165) is 23.3 Å². The molecule has 0 bridgehead atoms. The Hall–Kier alpha value is -3.32. The summed E-state index contributed by atoms with van der Waals surface area (Å²) in [6, 6.07) is 10.8. The van der Waals surface area contributed by atoms with Gasteiger partial charge in [-0.3, -0.25) is 14.1 Å². The quantitative estimate of drug-likeness (QED) is 0.237. The first kappa shape index (κ1) is 30.6. The Kier molecular flexibility index (Phi) is 8.60. The number of rotatable bonds is 10. The number of carbonyl (C=O) groups is 2. The van der Waals surface area contributed by atoms with Gasteiger partial charge in [-0.15, -0.1) is 0 Å². The normalized spacial score (nSPS) is 28.4. The fraction of sp³-hybridized carbons (Fsp3) is 0.407. The smallest absolute Gasteiger partial charge is 0.459 e. The van der Waals surface area contributed by atoms with E-state index in [4.69, 9.17) is 18.5 Å². The molecule has 41 heavy (non-hydrogen) atoms. The van der Waals surface area contributed by atoms with Crippen molar-refractivity contribution in [3.63, 3.8) is 0 Å². The highest BCUT2D eigenvalue weighted by Crippen LogP contribution is 2.50. The summed E-state index contributed by atoms with van der Waals surface area (Å²) in [4.78, 5) is 25.2. The van der Waals surface area contributed by atoms with Gasteiger partial charge in [0.15, 0.2) is 6.23 Å². The van der Waals surface area contributed by atoms with Gasteiger partial charge in [-0.2, -0.15) is 5.09 Å². The SMILES string of the molecule is C=C1NC(=O)C=CN1[C@@H]1O[C@](F)(COP(=O)(NC(C)C(=O)OC(C)C)Oc2cccc3ccccc23)[C@@H](O)[C@@]1(C)O. The number of carbonyl (C=O) groups excluding carboxylic acids is 2. The molecule has 2 aromatic carbocycles. The van der Waals surface area contributed by atoms with Crippen molar-refractivity contribution >= 4 is 30.4 Å². The van der Waals surface area contributed by atoms with Crippen LogP contribution in [-0.4, -0.2) is 69.5 Å². The molecule has 0 aliphatic carbocycles. The van der Waals surface area contributed by atoms with Gasteiger partial charge >= 0.3 is 13.7 Å². The average molecular weight is 594 g/mol. The highest BCUT2D eigenvalue weighted by Gasteiger charge is 2.64. The predicted molar refractivity (Wildman–Crippen MR) is 146 cm³/mol. The molecule has 0 aromatic heterocycles. The van der Waals surface area contributed by atoms with Gasteiger partial charge in [0.1, 0.15) is 35.9 Å². The molecule has 2 unspecified atom stereocenters. The third-order valence-corrected chi connectivity index (χ3v) is 8.05. The monoisotopic (exact) mass is 593 g/mol. The Bertz CT molecular complexity index is 1410. The molecule has 222 valence electrons. The van der Waals surface area contributed by atoms with E-state index in [9.17, 15) is 24.4 Å². The highest BCUT2D eigenvalue weighted by molar-refractivity contribution is 7.52. The van der Waals surface area contributed by atoms with Crippen molar-refractivity contribution in [3.05, 3.63) is 67.1 Å². The first-order valence-electron chi connectivity index (χ1n) is 12.8. The van der Waals surface area contributed by atoms with Crippen molar-refractivity contribution < 1.29 is 47.3 Å². The number of alkyl halides is 1. The second-order valence-corrected chi connectivity index (χ2v) is 11.9. The average Bonchev–Trinajstić information content (AvgIpc) is 3.07. The van der Waals surface area contributed by atoms with Gasteiger partial charge in [-0.25, -0.2) is 8.96 Å². The maximum atomic E-state index is 16.2. The Morgan fingerprint density at radius 3 is 2.63 bits per heavy atom. The number of amides is 1. The molecule has 0 spiro atoms. The number of ether oxygens (including phenoxy) is 2. The molecule has 0 saturated carbocycles. The van der Waals surface area contributed by atoms with Crippen LogP contribution in [-0.2, 0) is 28.2 Å². The zero-order valence-corrected chi connectivity index (χ0v) is 23.8. The zero-order chi connectivity index (χ0) is 30.2. The number of nitrogens with one attached hydrogen (secondary N) is 2. The summed E-state index contributed by atoms with van der Waals surface area (Å²) in [5.41, 5.74) is -2.25. The summed E-state index contributed by atoms with van der Waals surface area (Å²) in [6.45, 7) is 8.22. The Morgan fingerprint density at radius 1 is 1.27 bits per heavy atom. The number of halogens is 1. The van der Waals surface area contributed by atoms with Crippen molar-refractivity contribution in [2.24, 2.45) is 0 Å². The maximum absolute atomic E-state index is 16.2. The van der Waals surface area contributed by atoms with Crippen LogP contribution in [0.15, 0.2) is 67.1 Å². The third-order valence-electron chi connectivity index (χ3n) is 6.44. The lowest BCUT2D eigenvalue weighted by Crippen LogP contribution is -2.54. The number of benzene rings is 2. The summed E-state index contributed by atoms with van der Waals surface area (Å²) >= 11 is 0. The molecule has 12 nitrogen and oxygen atoms in total. The van der Waals surface area contributed by atoms with Gasteiger partial charge < -0.3 is 34.4 Å². The van der Waals surface area contributed by atoms with Gasteiger partial charge in [0.25, 0.3) is 11.8 Å². The van der Waals surface area contributed by atoms with Crippen molar-refractivity contribution in [3.8, 4) is 5.75 Å². The highest BCUT2D eigenvalue weighted by atomic mass is 31.2. The van der Waals surface area contributed by atoms with E-state index in [1.54, 1.807) is 50.2 Å². The van der Waals surface area contributed by atoms with Crippen molar-refractivity contribution in [1.29, 1.82) is 0 Å². The van der Waals surface area contributed by atoms with Crippen LogP contribution in [0.5, 0.6) is 5.75 Å². The largest absolute Gasteiger partial charge is 0.462 e. The lowest BCUT2D eigenvalue weighted by molar-refractivity contribution is -0.206. The molecule has 2 heterocycles. The molecule has 6 atom stereocenters. The van der Waals surface area contributed by atoms with Crippen LogP contribution in [0.4, 0.5) is 4.39 Å². The molecule has 2 aliphatic heterocycles. The van der Waals surface area contributed by atoms with Crippen molar-refractivity contribution in [1.82, 2.24) is 15.3 Å². The number of aliphatic hydroxyl groups excluding tert-OH is 1. The summed E-state index contributed by atoms with van der Waals surface area (Å²) < 4.78 is 52.0. The van der Waals surface area contributed by atoms with Crippen LogP contribution in [0, 0.1) is 0 Å². The molecule has 2 aliphatic rings. The summed E-state index contributed by atoms with van der Waals surface area (Å²) in [7, 11) is -4.60. The fourth-order valence-corrected chi connectivity index (χ4v) is 5.91. The minimum atomic E-state index is -4.60. The van der Waals surface area contributed by atoms with Crippen LogP contribution >= 0.6 is 7.75 Å². The number of esters is 1. The third kappa shape index (κ3) is 6.45. The van der Waals surface area contributed by atoms with Gasteiger partial charge in [0.2, 0.25) is 0 Å².